The molecule has 5 rings (SSSR count). The van der Waals surface area contributed by atoms with Crippen LogP contribution in [0.5, 0.6) is 17.2 Å². The second kappa shape index (κ2) is 9.08. The number of ether oxygens (including phenoxy) is 2. The maximum absolute atomic E-state index is 6.16. The summed E-state index contributed by atoms with van der Waals surface area (Å²) in [5.41, 5.74) is 6.70. The van der Waals surface area contributed by atoms with Crippen molar-refractivity contribution in [3.8, 4) is 17.2 Å². The van der Waals surface area contributed by atoms with Gasteiger partial charge in [0, 0.05) is 29.6 Å². The van der Waals surface area contributed by atoms with Gasteiger partial charge in [-0.1, -0.05) is 29.8 Å². The molecule has 0 spiro atoms. The van der Waals surface area contributed by atoms with Gasteiger partial charge < -0.3 is 13.7 Å². The minimum Gasteiger partial charge on any atom is -0.497 e. The number of hydrogen-bond donors (Lipinski definition) is 0. The van der Waals surface area contributed by atoms with Gasteiger partial charge in [-0.3, -0.25) is 4.90 Å². The highest BCUT2D eigenvalue weighted by Crippen LogP contribution is 2.45. The van der Waals surface area contributed by atoms with Crippen molar-refractivity contribution < 1.29 is 13.7 Å². The van der Waals surface area contributed by atoms with Crippen molar-refractivity contribution in [1.29, 1.82) is 0 Å². The van der Waals surface area contributed by atoms with Crippen LogP contribution in [0.3, 0.4) is 0 Å². The molecule has 3 aromatic rings. The molecular weight excluding hydrogens is 418 g/mol. The van der Waals surface area contributed by atoms with Crippen LogP contribution in [0.15, 0.2) is 59.5 Å². The third-order valence-corrected chi connectivity index (χ3v) is 7.18. The van der Waals surface area contributed by atoms with Crippen LogP contribution in [0.2, 0.25) is 0 Å². The number of aryl methyl sites for hydroxylation is 1. The summed E-state index contributed by atoms with van der Waals surface area (Å²) in [6.45, 7) is 6.67. The first-order chi connectivity index (χ1) is 15.7. The van der Waals surface area contributed by atoms with E-state index in [1.54, 1.807) is 7.11 Å². The molecule has 0 aliphatic carbocycles. The quantitative estimate of drug-likeness (QED) is 0.423. The van der Waals surface area contributed by atoms with Gasteiger partial charge in [-0.25, -0.2) is 0 Å². The normalized spacial score (nSPS) is 17.2. The third-order valence-electron chi connectivity index (χ3n) is 6.45. The summed E-state index contributed by atoms with van der Waals surface area (Å²) in [5.74, 6) is 2.64. The zero-order valence-electron chi connectivity index (χ0n) is 18.9. The van der Waals surface area contributed by atoms with Gasteiger partial charge in [0.25, 0.3) is 0 Å². The van der Waals surface area contributed by atoms with E-state index >= 15 is 0 Å². The summed E-state index contributed by atoms with van der Waals surface area (Å²) in [4.78, 5) is 3.66. The van der Waals surface area contributed by atoms with Crippen LogP contribution in [0.4, 0.5) is 0 Å². The predicted octanol–water partition coefficient (Wildman–Crippen LogP) is 6.14. The largest absolute Gasteiger partial charge is 0.497 e. The molecule has 166 valence electrons. The highest BCUT2D eigenvalue weighted by Gasteiger charge is 2.34. The van der Waals surface area contributed by atoms with E-state index in [0.717, 1.165) is 48.1 Å². The fourth-order valence-corrected chi connectivity index (χ4v) is 5.34. The molecule has 1 atom stereocenters. The summed E-state index contributed by atoms with van der Waals surface area (Å²) in [5, 5.41) is 0. The minimum absolute atomic E-state index is 0.403. The number of hydrogen-bond acceptors (Lipinski definition) is 5. The number of benzene rings is 3. The topological polar surface area (TPSA) is 30.9 Å². The minimum atomic E-state index is 0.403. The zero-order valence-corrected chi connectivity index (χ0v) is 19.7. The smallest absolute Gasteiger partial charge is 0.180 e. The maximum Gasteiger partial charge on any atom is 0.180 e. The molecule has 0 N–H and O–H groups in total. The summed E-state index contributed by atoms with van der Waals surface area (Å²) in [6, 6.07) is 19.6. The highest BCUT2D eigenvalue weighted by atomic mass is 32.2. The molecule has 0 fully saturated rings. The lowest BCUT2D eigenvalue weighted by molar-refractivity contribution is 0.157. The van der Waals surface area contributed by atoms with Gasteiger partial charge in [-0.15, -0.1) is 0 Å². The summed E-state index contributed by atoms with van der Waals surface area (Å²) < 4.78 is 17.7. The molecule has 0 saturated carbocycles. The molecule has 2 heterocycles. The van der Waals surface area contributed by atoms with E-state index in [0.29, 0.717) is 12.6 Å². The van der Waals surface area contributed by atoms with Gasteiger partial charge in [0.15, 0.2) is 11.5 Å². The number of nitrogens with zero attached hydrogens (tertiary/aromatic N) is 1. The van der Waals surface area contributed by atoms with Crippen molar-refractivity contribution in [2.24, 2.45) is 0 Å². The van der Waals surface area contributed by atoms with Crippen LogP contribution < -0.4 is 13.7 Å². The fraction of sp³-hybridized carbons (Fsp3) is 0.333. The van der Waals surface area contributed by atoms with Crippen molar-refractivity contribution >= 4 is 12.0 Å². The van der Waals surface area contributed by atoms with Crippen LogP contribution in [0, 0.1) is 6.92 Å². The molecule has 0 amide bonds. The second-order valence-electron chi connectivity index (χ2n) is 8.45. The Hall–Kier alpha value is -2.63. The molecule has 32 heavy (non-hydrogen) atoms. The lowest BCUT2D eigenvalue weighted by Gasteiger charge is -2.42. The van der Waals surface area contributed by atoms with Crippen molar-refractivity contribution in [2.75, 3.05) is 20.3 Å². The first-order valence-corrected chi connectivity index (χ1v) is 12.0. The fourth-order valence-electron chi connectivity index (χ4n) is 4.77. The Labute approximate surface area is 194 Å². The molecule has 2 aliphatic rings. The molecule has 0 radical (unpaired) electrons. The van der Waals surface area contributed by atoms with E-state index in [9.17, 15) is 0 Å². The zero-order chi connectivity index (χ0) is 22.1. The van der Waals surface area contributed by atoms with Gasteiger partial charge >= 0.3 is 0 Å². The monoisotopic (exact) mass is 447 g/mol. The van der Waals surface area contributed by atoms with Crippen LogP contribution in [0.1, 0.15) is 40.8 Å². The molecule has 0 saturated heterocycles. The van der Waals surface area contributed by atoms with Gasteiger partial charge in [-0.2, -0.15) is 0 Å². The molecule has 0 aromatic heterocycles. The first kappa shape index (κ1) is 21.2. The van der Waals surface area contributed by atoms with Gasteiger partial charge in [-0.05, 0) is 73.7 Å². The summed E-state index contributed by atoms with van der Waals surface area (Å²) in [6.07, 6.45) is 2.03. The van der Waals surface area contributed by atoms with Gasteiger partial charge in [0.1, 0.15) is 5.75 Å². The number of rotatable bonds is 6. The van der Waals surface area contributed by atoms with Crippen LogP contribution in [-0.4, -0.2) is 25.2 Å². The Morgan fingerprint density at radius 3 is 2.66 bits per heavy atom. The highest BCUT2D eigenvalue weighted by molar-refractivity contribution is 7.95. The average molecular weight is 448 g/mol. The van der Waals surface area contributed by atoms with E-state index in [4.69, 9.17) is 13.7 Å². The second-order valence-corrected chi connectivity index (χ2v) is 9.25. The molecule has 1 unspecified atom stereocenters. The SMILES string of the molecule is CCOc1c(OSc2ccc(C)cc2)ccc2c1CN1CCc3cc(OC)ccc3C1C2. The average Bonchev–Trinajstić information content (AvgIpc) is 2.83. The lowest BCUT2D eigenvalue weighted by atomic mass is 9.83. The first-order valence-electron chi connectivity index (χ1n) is 11.3. The van der Waals surface area contributed by atoms with Gasteiger partial charge in [0.05, 0.1) is 25.8 Å². The Morgan fingerprint density at radius 2 is 1.88 bits per heavy atom. The van der Waals surface area contributed by atoms with E-state index in [-0.39, 0.29) is 0 Å². The van der Waals surface area contributed by atoms with E-state index in [1.807, 2.05) is 6.92 Å². The van der Waals surface area contributed by atoms with Crippen LogP contribution in [-0.2, 0) is 19.4 Å². The van der Waals surface area contributed by atoms with E-state index in [1.165, 1.54) is 39.9 Å². The van der Waals surface area contributed by atoms with E-state index in [2.05, 4.69) is 66.4 Å². The summed E-state index contributed by atoms with van der Waals surface area (Å²) >= 11 is 1.38. The third kappa shape index (κ3) is 4.07. The standard InChI is InChI=1S/C27H29NO3S/c1-4-30-27-24-17-28-14-13-20-15-21(29-3)8-11-23(20)25(28)16-19(24)7-12-26(27)31-32-22-9-5-18(2)6-10-22/h5-12,15,25H,4,13-14,16-17H2,1-3H3. The van der Waals surface area contributed by atoms with Crippen LogP contribution >= 0.6 is 12.0 Å². The molecule has 0 bridgehead atoms. The molecule has 2 aliphatic heterocycles. The summed E-state index contributed by atoms with van der Waals surface area (Å²) in [7, 11) is 1.74. The Bertz CT molecular complexity index is 1110. The Balaban J connectivity index is 1.42. The van der Waals surface area contributed by atoms with Crippen molar-refractivity contribution in [2.45, 2.75) is 44.2 Å². The van der Waals surface area contributed by atoms with Crippen molar-refractivity contribution in [1.82, 2.24) is 4.90 Å². The van der Waals surface area contributed by atoms with Gasteiger partial charge in [0.2, 0.25) is 0 Å². The molecule has 3 aromatic carbocycles. The Kier molecular flexibility index (Phi) is 6.03. The van der Waals surface area contributed by atoms with E-state index < -0.39 is 0 Å². The predicted molar refractivity (Wildman–Crippen MR) is 129 cm³/mol. The number of methoxy groups -OCH3 is 1. The maximum atomic E-state index is 6.16. The lowest BCUT2D eigenvalue weighted by Crippen LogP contribution is -2.39. The Morgan fingerprint density at radius 1 is 1.03 bits per heavy atom. The van der Waals surface area contributed by atoms with Crippen LogP contribution in [0.25, 0.3) is 0 Å². The molecule has 4 nitrogen and oxygen atoms in total. The molecule has 5 heteroatoms. The van der Waals surface area contributed by atoms with Crippen molar-refractivity contribution in [3.63, 3.8) is 0 Å². The molecular formula is C27H29NO3S. The number of fused-ring (bicyclic) bond motifs is 4. The van der Waals surface area contributed by atoms with Crippen molar-refractivity contribution in [3.05, 3.63) is 82.4 Å².